The van der Waals surface area contributed by atoms with Crippen LogP contribution in [0, 0.1) is 11.3 Å². The molecule has 1 aliphatic heterocycles. The Bertz CT molecular complexity index is 303. The molecule has 2 aliphatic rings. The van der Waals surface area contributed by atoms with Crippen molar-refractivity contribution in [1.29, 1.82) is 0 Å². The van der Waals surface area contributed by atoms with Gasteiger partial charge in [0.1, 0.15) is 0 Å². The van der Waals surface area contributed by atoms with Crippen molar-refractivity contribution < 1.29 is 13.2 Å². The Labute approximate surface area is 126 Å². The van der Waals surface area contributed by atoms with Crippen LogP contribution in [0.25, 0.3) is 0 Å². The minimum atomic E-state index is -4.00. The summed E-state index contributed by atoms with van der Waals surface area (Å²) in [6.07, 6.45) is 2.68. The highest BCUT2D eigenvalue weighted by atomic mass is 19.4. The van der Waals surface area contributed by atoms with E-state index in [0.29, 0.717) is 18.5 Å². The predicted octanol–water partition coefficient (Wildman–Crippen LogP) is 3.82. The van der Waals surface area contributed by atoms with Gasteiger partial charge in [0, 0.05) is 13.1 Å². The largest absolute Gasteiger partial charge is 0.391 e. The number of nitrogens with zero attached hydrogens (tertiary/aromatic N) is 1. The third-order valence-corrected chi connectivity index (χ3v) is 5.20. The van der Waals surface area contributed by atoms with E-state index in [4.69, 9.17) is 0 Å². The molecule has 1 saturated carbocycles. The average molecular weight is 306 g/mol. The van der Waals surface area contributed by atoms with Gasteiger partial charge < -0.3 is 10.2 Å². The van der Waals surface area contributed by atoms with Crippen LogP contribution in [0.3, 0.4) is 0 Å². The first-order chi connectivity index (χ1) is 9.95. The Morgan fingerprint density at radius 2 is 1.76 bits per heavy atom. The van der Waals surface area contributed by atoms with Crippen LogP contribution in [0.2, 0.25) is 0 Å². The van der Waals surface area contributed by atoms with Crippen LogP contribution in [0.5, 0.6) is 0 Å². The molecule has 2 fully saturated rings. The quantitative estimate of drug-likeness (QED) is 0.751. The zero-order valence-electron chi connectivity index (χ0n) is 13.1. The van der Waals surface area contributed by atoms with Gasteiger partial charge in [0.25, 0.3) is 0 Å². The smallest absolute Gasteiger partial charge is 0.316 e. The molecule has 0 unspecified atom stereocenters. The Hall–Kier alpha value is -0.290. The van der Waals surface area contributed by atoms with Gasteiger partial charge in [0.2, 0.25) is 0 Å². The molecule has 0 amide bonds. The summed E-state index contributed by atoms with van der Waals surface area (Å²) in [6, 6.07) is 0. The fourth-order valence-corrected chi connectivity index (χ4v) is 3.94. The van der Waals surface area contributed by atoms with Crippen molar-refractivity contribution in [3.05, 3.63) is 0 Å². The second-order valence-electron chi connectivity index (χ2n) is 6.98. The van der Waals surface area contributed by atoms with Gasteiger partial charge in [-0.3, -0.25) is 0 Å². The summed E-state index contributed by atoms with van der Waals surface area (Å²) < 4.78 is 38.2. The van der Waals surface area contributed by atoms with Crippen LogP contribution in [-0.4, -0.2) is 43.8 Å². The summed E-state index contributed by atoms with van der Waals surface area (Å²) in [6.45, 7) is 6.43. The van der Waals surface area contributed by atoms with Crippen molar-refractivity contribution in [1.82, 2.24) is 10.2 Å². The number of hydrogen-bond donors (Lipinski definition) is 1. The van der Waals surface area contributed by atoms with E-state index in [-0.39, 0.29) is 12.8 Å². The highest BCUT2D eigenvalue weighted by Gasteiger charge is 2.42. The summed E-state index contributed by atoms with van der Waals surface area (Å²) >= 11 is 0. The Morgan fingerprint density at radius 3 is 2.29 bits per heavy atom. The number of piperidine rings is 1. The van der Waals surface area contributed by atoms with Crippen molar-refractivity contribution in [3.63, 3.8) is 0 Å². The summed E-state index contributed by atoms with van der Waals surface area (Å²) in [5, 5.41) is 3.53. The molecule has 0 aromatic carbocycles. The van der Waals surface area contributed by atoms with Crippen LogP contribution in [-0.2, 0) is 0 Å². The van der Waals surface area contributed by atoms with E-state index in [1.54, 1.807) is 0 Å². The van der Waals surface area contributed by atoms with Gasteiger partial charge in [-0.15, -0.1) is 0 Å². The van der Waals surface area contributed by atoms with E-state index in [1.165, 1.54) is 25.7 Å². The molecule has 1 N–H and O–H groups in total. The summed E-state index contributed by atoms with van der Waals surface area (Å²) in [4.78, 5) is 2.28. The number of hydrogen-bond acceptors (Lipinski definition) is 2. The maximum atomic E-state index is 12.7. The van der Waals surface area contributed by atoms with E-state index in [2.05, 4.69) is 17.1 Å². The molecule has 2 rings (SSSR count). The van der Waals surface area contributed by atoms with Crippen molar-refractivity contribution in [2.24, 2.45) is 11.3 Å². The number of likely N-dealkylation sites (tertiary alicyclic amines) is 1. The van der Waals surface area contributed by atoms with Crippen molar-refractivity contribution in [2.75, 3.05) is 32.7 Å². The summed E-state index contributed by atoms with van der Waals surface area (Å²) in [5.41, 5.74) is 0.306. The lowest BCUT2D eigenvalue weighted by molar-refractivity contribution is -0.185. The van der Waals surface area contributed by atoms with E-state index < -0.39 is 12.1 Å². The van der Waals surface area contributed by atoms with E-state index in [9.17, 15) is 13.2 Å². The molecular formula is C16H29F3N2. The first-order valence-corrected chi connectivity index (χ1v) is 8.45. The van der Waals surface area contributed by atoms with Gasteiger partial charge in [0.15, 0.2) is 0 Å². The van der Waals surface area contributed by atoms with E-state index in [0.717, 1.165) is 26.1 Å². The topological polar surface area (TPSA) is 15.3 Å². The van der Waals surface area contributed by atoms with Gasteiger partial charge in [-0.1, -0.05) is 19.8 Å². The fourth-order valence-electron chi connectivity index (χ4n) is 3.94. The normalized spacial score (nSPS) is 24.6. The first kappa shape index (κ1) is 17.1. The molecule has 21 heavy (non-hydrogen) atoms. The maximum Gasteiger partial charge on any atom is 0.391 e. The average Bonchev–Trinajstić information content (AvgIpc) is 2.87. The monoisotopic (exact) mass is 306 g/mol. The van der Waals surface area contributed by atoms with Gasteiger partial charge in [-0.25, -0.2) is 0 Å². The maximum absolute atomic E-state index is 12.7. The molecule has 124 valence electrons. The summed E-state index contributed by atoms with van der Waals surface area (Å²) in [5.74, 6) is -1.08. The Kier molecular flexibility index (Phi) is 5.95. The van der Waals surface area contributed by atoms with Gasteiger partial charge in [-0.2, -0.15) is 13.2 Å². The SMILES string of the molecule is CCCNCC1(CN2CCC(C(F)(F)F)CC2)CCCC1. The zero-order valence-corrected chi connectivity index (χ0v) is 13.1. The molecule has 0 radical (unpaired) electrons. The van der Waals surface area contributed by atoms with Crippen molar-refractivity contribution >= 4 is 0 Å². The summed E-state index contributed by atoms with van der Waals surface area (Å²) in [7, 11) is 0. The predicted molar refractivity (Wildman–Crippen MR) is 79.3 cm³/mol. The third-order valence-electron chi connectivity index (χ3n) is 5.20. The minimum Gasteiger partial charge on any atom is -0.316 e. The van der Waals surface area contributed by atoms with Crippen LogP contribution in [0.15, 0.2) is 0 Å². The standard InChI is InChI=1S/C16H29F3N2/c1-2-9-20-12-15(7-3-4-8-15)13-21-10-5-14(6-11-21)16(17,18)19/h14,20H,2-13H2,1H3. The highest BCUT2D eigenvalue weighted by Crippen LogP contribution is 2.40. The second kappa shape index (κ2) is 7.32. The van der Waals surface area contributed by atoms with E-state index in [1.807, 2.05) is 0 Å². The molecule has 0 aromatic rings. The molecule has 1 aliphatic carbocycles. The highest BCUT2D eigenvalue weighted by molar-refractivity contribution is 4.91. The molecular weight excluding hydrogens is 277 g/mol. The lowest BCUT2D eigenvalue weighted by Gasteiger charge is -2.39. The molecule has 0 bridgehead atoms. The first-order valence-electron chi connectivity index (χ1n) is 8.45. The van der Waals surface area contributed by atoms with Gasteiger partial charge in [0.05, 0.1) is 5.92 Å². The van der Waals surface area contributed by atoms with Crippen LogP contribution < -0.4 is 5.32 Å². The second-order valence-corrected chi connectivity index (χ2v) is 6.98. The van der Waals surface area contributed by atoms with Crippen LogP contribution in [0.4, 0.5) is 13.2 Å². The lowest BCUT2D eigenvalue weighted by atomic mass is 9.84. The molecule has 0 atom stereocenters. The third kappa shape index (κ3) is 4.85. The number of nitrogens with one attached hydrogen (secondary N) is 1. The van der Waals surface area contributed by atoms with Crippen LogP contribution >= 0.6 is 0 Å². The molecule has 0 aromatic heterocycles. The van der Waals surface area contributed by atoms with Crippen LogP contribution in [0.1, 0.15) is 51.9 Å². The fraction of sp³-hybridized carbons (Fsp3) is 1.00. The van der Waals surface area contributed by atoms with Gasteiger partial charge >= 0.3 is 6.18 Å². The molecule has 2 nitrogen and oxygen atoms in total. The minimum absolute atomic E-state index is 0.280. The lowest BCUT2D eigenvalue weighted by Crippen LogP contribution is -2.47. The molecule has 1 heterocycles. The number of rotatable bonds is 6. The molecule has 5 heteroatoms. The van der Waals surface area contributed by atoms with Gasteiger partial charge in [-0.05, 0) is 57.2 Å². The zero-order chi connectivity index (χ0) is 15.3. The Balaban J connectivity index is 1.82. The van der Waals surface area contributed by atoms with Crippen molar-refractivity contribution in [2.45, 2.75) is 58.0 Å². The number of alkyl halides is 3. The molecule has 0 spiro atoms. The van der Waals surface area contributed by atoms with Crippen molar-refractivity contribution in [3.8, 4) is 0 Å². The molecule has 1 saturated heterocycles. The van der Waals surface area contributed by atoms with E-state index >= 15 is 0 Å². The Morgan fingerprint density at radius 1 is 1.14 bits per heavy atom. The number of halogens is 3.